The van der Waals surface area contributed by atoms with Crippen molar-refractivity contribution in [3.63, 3.8) is 0 Å². The van der Waals surface area contributed by atoms with Gasteiger partial charge in [-0.15, -0.1) is 0 Å². The van der Waals surface area contributed by atoms with Gasteiger partial charge in [-0.2, -0.15) is 0 Å². The van der Waals surface area contributed by atoms with Gasteiger partial charge in [0.05, 0.1) is 33.8 Å². The van der Waals surface area contributed by atoms with Crippen molar-refractivity contribution in [2.45, 2.75) is 322 Å². The average molecular weight is 1140 g/mol. The van der Waals surface area contributed by atoms with E-state index in [0.29, 0.717) is 17.4 Å². The first kappa shape index (κ1) is 77.5. The van der Waals surface area contributed by atoms with Crippen LogP contribution in [0.2, 0.25) is 0 Å². The maximum Gasteiger partial charge on any atom is 0.306 e. The van der Waals surface area contributed by atoms with Crippen LogP contribution in [0.4, 0.5) is 0 Å². The van der Waals surface area contributed by atoms with Gasteiger partial charge in [-0.3, -0.25) is 14.2 Å². The van der Waals surface area contributed by atoms with Crippen LogP contribution >= 0.6 is 7.82 Å². The number of phosphoric ester groups is 1. The zero-order valence-corrected chi connectivity index (χ0v) is 54.2. The lowest BCUT2D eigenvalue weighted by Crippen LogP contribution is -2.47. The number of phosphoric acid groups is 1. The van der Waals surface area contributed by atoms with Gasteiger partial charge in [-0.05, 0) is 102 Å². The van der Waals surface area contributed by atoms with Crippen LogP contribution in [0.15, 0.2) is 72.9 Å². The number of ether oxygens (including phenoxy) is 1. The van der Waals surface area contributed by atoms with E-state index >= 15 is 0 Å². The second-order valence-corrected chi connectivity index (χ2v) is 25.4. The molecule has 0 bridgehead atoms. The highest BCUT2D eigenvalue weighted by atomic mass is 31.2. The van der Waals surface area contributed by atoms with Gasteiger partial charge in [0.15, 0.2) is 0 Å². The average Bonchev–Trinajstić information content (AvgIpc) is 3.42. The molecule has 1 N–H and O–H groups in total. The Morgan fingerprint density at radius 3 is 1.19 bits per heavy atom. The molecule has 80 heavy (non-hydrogen) atoms. The van der Waals surface area contributed by atoms with E-state index in [0.717, 1.165) is 96.3 Å². The molecule has 10 heteroatoms. The summed E-state index contributed by atoms with van der Waals surface area (Å²) >= 11 is 0. The second-order valence-electron chi connectivity index (χ2n) is 24.0. The number of hydrogen-bond acceptors (Lipinski definition) is 7. The van der Waals surface area contributed by atoms with Crippen LogP contribution in [0.5, 0.6) is 0 Å². The van der Waals surface area contributed by atoms with Crippen LogP contribution in [-0.4, -0.2) is 69.4 Å². The predicted octanol–water partition coefficient (Wildman–Crippen LogP) is 20.5. The Morgan fingerprint density at radius 2 is 0.762 bits per heavy atom. The summed E-state index contributed by atoms with van der Waals surface area (Å²) in [6.07, 6.45) is 77.3. The number of hydrogen-bond donors (Lipinski definition) is 1. The SMILES string of the molecule is CCCCC/C=C\C/C=C\C/C=C\C/C=C\CCCCCCCCCCCCCC(=O)NC(COP(=O)([O-])OCC[N+](C)(C)C)C(/C=C\CCCCCCCCCCCC)OC(=O)CCCCCCCCC/C=C\CCCCCC. The second kappa shape index (κ2) is 59.6. The normalized spacial score (nSPS) is 14.0. The number of unbranched alkanes of at least 4 members (excludes halogenated alkanes) is 35. The third-order valence-electron chi connectivity index (χ3n) is 14.9. The van der Waals surface area contributed by atoms with E-state index in [1.807, 2.05) is 33.3 Å². The third-order valence-corrected chi connectivity index (χ3v) is 15.8. The van der Waals surface area contributed by atoms with Crippen LogP contribution < -0.4 is 10.2 Å². The van der Waals surface area contributed by atoms with Gasteiger partial charge in [0, 0.05) is 12.8 Å². The number of quaternary nitrogens is 1. The van der Waals surface area contributed by atoms with Crippen LogP contribution in [-0.2, 0) is 27.9 Å². The molecule has 0 aliphatic heterocycles. The van der Waals surface area contributed by atoms with Gasteiger partial charge in [0.1, 0.15) is 19.3 Å². The van der Waals surface area contributed by atoms with Crippen molar-refractivity contribution in [1.29, 1.82) is 0 Å². The first-order valence-corrected chi connectivity index (χ1v) is 35.2. The number of allylic oxidation sites excluding steroid dienone is 11. The zero-order chi connectivity index (χ0) is 58.6. The molecule has 0 aromatic heterocycles. The summed E-state index contributed by atoms with van der Waals surface area (Å²) < 4.78 is 30.4. The molecular weight excluding hydrogens is 1010 g/mol. The van der Waals surface area contributed by atoms with Crippen LogP contribution in [0.25, 0.3) is 0 Å². The van der Waals surface area contributed by atoms with E-state index in [-0.39, 0.29) is 24.9 Å². The maximum atomic E-state index is 13.6. The molecule has 3 atom stereocenters. The molecule has 1 amide bonds. The summed E-state index contributed by atoms with van der Waals surface area (Å²) in [5, 5.41) is 3.04. The van der Waals surface area contributed by atoms with Crippen molar-refractivity contribution in [2.24, 2.45) is 0 Å². The molecule has 0 aromatic carbocycles. The summed E-state index contributed by atoms with van der Waals surface area (Å²) in [5.74, 6) is -0.544. The number of nitrogens with zero attached hydrogens (tertiary/aromatic N) is 1. The number of likely N-dealkylation sites (N-methyl/N-ethyl adjacent to an activating group) is 1. The van der Waals surface area contributed by atoms with E-state index in [1.54, 1.807) is 0 Å². The van der Waals surface area contributed by atoms with E-state index in [4.69, 9.17) is 13.8 Å². The zero-order valence-electron chi connectivity index (χ0n) is 53.3. The molecular formula is C70H129N2O7P. The van der Waals surface area contributed by atoms with Crippen LogP contribution in [0.3, 0.4) is 0 Å². The molecule has 0 aliphatic rings. The number of nitrogens with one attached hydrogen (secondary N) is 1. The van der Waals surface area contributed by atoms with E-state index < -0.39 is 26.6 Å². The molecule has 0 radical (unpaired) electrons. The highest BCUT2D eigenvalue weighted by molar-refractivity contribution is 7.45. The standard InChI is InChI=1S/C70H129N2O7P/c1-7-10-13-16-19-22-25-28-30-31-32-33-34-35-36-37-38-39-40-41-43-44-47-50-53-56-59-62-69(73)71-67(66-78-80(75,76)77-65-64-72(4,5)6)68(61-58-55-52-49-46-27-24-21-18-15-12-9-3)79-70(74)63-60-57-54-51-48-45-42-29-26-23-20-17-14-11-8-2/h19,22-23,26,28,30,32-33,35-36,58,61,67-68H,7-18,20-21,24-25,27,29,31,34,37-57,59-60,62-66H2,1-6H3,(H-,71,73,75,76)/b22-19-,26-23-,30-28-,33-32-,36-35-,61-58-. The third kappa shape index (κ3) is 60.1. The van der Waals surface area contributed by atoms with Crippen molar-refractivity contribution in [3.8, 4) is 0 Å². The predicted molar refractivity (Wildman–Crippen MR) is 344 cm³/mol. The number of rotatable bonds is 61. The molecule has 0 aliphatic carbocycles. The van der Waals surface area contributed by atoms with Gasteiger partial charge in [0.2, 0.25) is 5.91 Å². The van der Waals surface area contributed by atoms with Crippen molar-refractivity contribution in [1.82, 2.24) is 5.32 Å². The molecule has 0 aromatic rings. The molecule has 3 unspecified atom stereocenters. The maximum absolute atomic E-state index is 13.6. The fourth-order valence-electron chi connectivity index (χ4n) is 9.62. The molecule has 0 rings (SSSR count). The quantitative estimate of drug-likeness (QED) is 0.0212. The minimum atomic E-state index is -4.70. The lowest BCUT2D eigenvalue weighted by Gasteiger charge is -2.30. The van der Waals surface area contributed by atoms with E-state index in [9.17, 15) is 19.0 Å². The van der Waals surface area contributed by atoms with Crippen LogP contribution in [0, 0.1) is 0 Å². The van der Waals surface area contributed by atoms with Gasteiger partial charge in [0.25, 0.3) is 7.82 Å². The van der Waals surface area contributed by atoms with Crippen molar-refractivity contribution >= 4 is 19.7 Å². The van der Waals surface area contributed by atoms with Crippen molar-refractivity contribution in [2.75, 3.05) is 40.9 Å². The summed E-state index contributed by atoms with van der Waals surface area (Å²) in [4.78, 5) is 40.1. The molecule has 0 fully saturated rings. The minimum Gasteiger partial charge on any atom is -0.756 e. The molecule has 9 nitrogen and oxygen atoms in total. The van der Waals surface area contributed by atoms with Crippen LogP contribution in [0.1, 0.15) is 310 Å². The Hall–Kier alpha value is -2.55. The summed E-state index contributed by atoms with van der Waals surface area (Å²) in [6.45, 7) is 6.82. The summed E-state index contributed by atoms with van der Waals surface area (Å²) in [7, 11) is 1.18. The lowest BCUT2D eigenvalue weighted by atomic mass is 10.0. The Labute approximate surface area is 495 Å². The monoisotopic (exact) mass is 1140 g/mol. The number of carbonyl (C=O) groups excluding carboxylic acids is 2. The van der Waals surface area contributed by atoms with Crippen molar-refractivity contribution < 1.29 is 37.3 Å². The Morgan fingerprint density at radius 1 is 0.438 bits per heavy atom. The molecule has 0 spiro atoms. The topological polar surface area (TPSA) is 114 Å². The number of amides is 1. The molecule has 0 saturated heterocycles. The summed E-state index contributed by atoms with van der Waals surface area (Å²) in [5.41, 5.74) is 0. The minimum absolute atomic E-state index is 0.0249. The van der Waals surface area contributed by atoms with Gasteiger partial charge >= 0.3 is 5.97 Å². The highest BCUT2D eigenvalue weighted by Crippen LogP contribution is 2.38. The Balaban J connectivity index is 5.07. The lowest BCUT2D eigenvalue weighted by molar-refractivity contribution is -0.870. The fourth-order valence-corrected chi connectivity index (χ4v) is 10.3. The van der Waals surface area contributed by atoms with Gasteiger partial charge < -0.3 is 28.5 Å². The van der Waals surface area contributed by atoms with Crippen molar-refractivity contribution in [3.05, 3.63) is 72.9 Å². The molecule has 0 heterocycles. The fraction of sp³-hybridized carbons (Fsp3) is 0.800. The van der Waals surface area contributed by atoms with E-state index in [1.165, 1.54) is 180 Å². The highest BCUT2D eigenvalue weighted by Gasteiger charge is 2.27. The smallest absolute Gasteiger partial charge is 0.306 e. The van der Waals surface area contributed by atoms with Gasteiger partial charge in [-0.1, -0.05) is 267 Å². The number of esters is 1. The Bertz CT molecular complexity index is 1600. The van der Waals surface area contributed by atoms with Gasteiger partial charge in [-0.25, -0.2) is 0 Å². The Kier molecular flexibility index (Phi) is 57.7. The molecule has 0 saturated carbocycles. The van der Waals surface area contributed by atoms with E-state index in [2.05, 4.69) is 86.8 Å². The first-order valence-electron chi connectivity index (χ1n) is 33.7. The summed E-state index contributed by atoms with van der Waals surface area (Å²) in [6, 6.07) is -0.894. The number of carbonyl (C=O) groups is 2. The first-order chi connectivity index (χ1) is 38.9. The molecule has 466 valence electrons. The largest absolute Gasteiger partial charge is 0.756 e.